The SMILES string of the molecule is CCC(c1ccc2c(c1)CCCC2)c1n[nH]c(=S)n1/N=C/c1ccc(Cl)cc1. The van der Waals surface area contributed by atoms with Gasteiger partial charge in [-0.3, -0.25) is 5.10 Å². The van der Waals surface area contributed by atoms with Crippen LogP contribution in [0.15, 0.2) is 47.6 Å². The first-order chi connectivity index (χ1) is 13.7. The van der Waals surface area contributed by atoms with Crippen molar-refractivity contribution in [3.05, 3.63) is 80.3 Å². The molecule has 1 aromatic heterocycles. The zero-order valence-corrected chi connectivity index (χ0v) is 17.4. The lowest BCUT2D eigenvalue weighted by Crippen LogP contribution is -2.10. The van der Waals surface area contributed by atoms with E-state index in [1.54, 1.807) is 10.9 Å². The zero-order chi connectivity index (χ0) is 19.5. The van der Waals surface area contributed by atoms with Crippen LogP contribution in [0.25, 0.3) is 0 Å². The Bertz CT molecular complexity index is 1050. The first-order valence-electron chi connectivity index (χ1n) is 9.74. The molecule has 4 nitrogen and oxygen atoms in total. The van der Waals surface area contributed by atoms with E-state index < -0.39 is 0 Å². The summed E-state index contributed by atoms with van der Waals surface area (Å²) in [4.78, 5) is 0. The minimum absolute atomic E-state index is 0.141. The molecule has 0 fully saturated rings. The molecule has 0 spiro atoms. The standard InChI is InChI=1S/C22H23ClN4S/c1-2-20(18-10-9-16-5-3-4-6-17(16)13-18)21-25-26-22(28)27(21)24-14-15-7-11-19(23)12-8-15/h7-14,20H,2-6H2,1H3,(H,26,28)/b24-14+. The lowest BCUT2D eigenvalue weighted by molar-refractivity contribution is 0.653. The Labute approximate surface area is 175 Å². The molecule has 3 aromatic rings. The van der Waals surface area contributed by atoms with Gasteiger partial charge < -0.3 is 0 Å². The summed E-state index contributed by atoms with van der Waals surface area (Å²) in [6.45, 7) is 2.18. The molecule has 0 aliphatic heterocycles. The normalized spacial score (nSPS) is 14.9. The summed E-state index contributed by atoms with van der Waals surface area (Å²) in [7, 11) is 0. The van der Waals surface area contributed by atoms with E-state index in [4.69, 9.17) is 23.8 Å². The summed E-state index contributed by atoms with van der Waals surface area (Å²) < 4.78 is 2.23. The number of H-pyrrole nitrogens is 1. The van der Waals surface area contributed by atoms with Crippen LogP contribution in [-0.4, -0.2) is 21.1 Å². The third-order valence-corrected chi connectivity index (χ3v) is 5.88. The maximum atomic E-state index is 5.96. The van der Waals surface area contributed by atoms with E-state index in [1.807, 2.05) is 24.3 Å². The third-order valence-electron chi connectivity index (χ3n) is 5.36. The summed E-state index contributed by atoms with van der Waals surface area (Å²) in [5.41, 5.74) is 5.21. The van der Waals surface area contributed by atoms with Crippen molar-refractivity contribution < 1.29 is 0 Å². The van der Waals surface area contributed by atoms with Gasteiger partial charge in [0.25, 0.3) is 0 Å². The monoisotopic (exact) mass is 410 g/mol. The molecule has 1 aliphatic carbocycles. The van der Waals surface area contributed by atoms with Gasteiger partial charge in [-0.15, -0.1) is 0 Å². The lowest BCUT2D eigenvalue weighted by Gasteiger charge is -2.20. The molecule has 0 bridgehead atoms. The number of fused-ring (bicyclic) bond motifs is 1. The summed E-state index contributed by atoms with van der Waals surface area (Å²) in [6, 6.07) is 14.4. The van der Waals surface area contributed by atoms with Gasteiger partial charge in [0, 0.05) is 10.9 Å². The Morgan fingerprint density at radius 1 is 1.18 bits per heavy atom. The van der Waals surface area contributed by atoms with E-state index in [9.17, 15) is 0 Å². The zero-order valence-electron chi connectivity index (χ0n) is 15.9. The van der Waals surface area contributed by atoms with Gasteiger partial charge in [-0.25, -0.2) is 0 Å². The summed E-state index contributed by atoms with van der Waals surface area (Å²) in [6.07, 6.45) is 7.64. The van der Waals surface area contributed by atoms with Crippen LogP contribution in [0.1, 0.15) is 60.2 Å². The van der Waals surface area contributed by atoms with Crippen molar-refractivity contribution in [1.82, 2.24) is 14.9 Å². The number of aryl methyl sites for hydroxylation is 2. The molecular weight excluding hydrogens is 388 g/mol. The molecule has 1 heterocycles. The summed E-state index contributed by atoms with van der Waals surface area (Å²) in [5.74, 6) is 0.982. The molecule has 0 saturated carbocycles. The van der Waals surface area contributed by atoms with Gasteiger partial charge in [-0.2, -0.15) is 14.9 Å². The molecule has 1 aliphatic rings. The Morgan fingerprint density at radius 3 is 2.68 bits per heavy atom. The van der Waals surface area contributed by atoms with Gasteiger partial charge in [-0.1, -0.05) is 48.9 Å². The van der Waals surface area contributed by atoms with E-state index >= 15 is 0 Å². The van der Waals surface area contributed by atoms with Crippen LogP contribution in [0.5, 0.6) is 0 Å². The second-order valence-corrected chi connectivity index (χ2v) is 8.01. The Hall–Kier alpha value is -2.24. The highest BCUT2D eigenvalue weighted by atomic mass is 35.5. The van der Waals surface area contributed by atoms with Crippen molar-refractivity contribution in [2.24, 2.45) is 5.10 Å². The molecular formula is C22H23ClN4S. The fourth-order valence-corrected chi connectivity index (χ4v) is 4.16. The van der Waals surface area contributed by atoms with E-state index in [0.29, 0.717) is 9.79 Å². The number of nitrogens with zero attached hydrogens (tertiary/aromatic N) is 3. The van der Waals surface area contributed by atoms with Crippen molar-refractivity contribution in [3.63, 3.8) is 0 Å². The molecule has 28 heavy (non-hydrogen) atoms. The second-order valence-electron chi connectivity index (χ2n) is 7.19. The lowest BCUT2D eigenvalue weighted by atomic mass is 9.86. The van der Waals surface area contributed by atoms with Crippen molar-refractivity contribution in [2.45, 2.75) is 44.9 Å². The molecule has 144 valence electrons. The fourth-order valence-electron chi connectivity index (χ4n) is 3.85. The number of benzene rings is 2. The van der Waals surface area contributed by atoms with Crippen LogP contribution in [-0.2, 0) is 12.8 Å². The van der Waals surface area contributed by atoms with Gasteiger partial charge in [0.05, 0.1) is 6.21 Å². The second kappa shape index (κ2) is 8.41. The van der Waals surface area contributed by atoms with Gasteiger partial charge >= 0.3 is 0 Å². The van der Waals surface area contributed by atoms with E-state index in [0.717, 1.165) is 17.8 Å². The Balaban J connectivity index is 1.68. The number of nitrogens with one attached hydrogen (secondary N) is 1. The molecule has 2 aromatic carbocycles. The fraction of sp³-hybridized carbons (Fsp3) is 0.318. The number of hydrogen-bond donors (Lipinski definition) is 1. The summed E-state index contributed by atoms with van der Waals surface area (Å²) in [5, 5.41) is 12.7. The number of hydrogen-bond acceptors (Lipinski definition) is 3. The van der Waals surface area contributed by atoms with E-state index in [-0.39, 0.29) is 5.92 Å². The molecule has 0 amide bonds. The van der Waals surface area contributed by atoms with E-state index in [1.165, 1.54) is 42.4 Å². The molecule has 1 atom stereocenters. The predicted molar refractivity (Wildman–Crippen MR) is 117 cm³/mol. The number of aromatic nitrogens is 3. The average molecular weight is 411 g/mol. The largest absolute Gasteiger partial charge is 0.250 e. The van der Waals surface area contributed by atoms with Crippen molar-refractivity contribution >= 4 is 30.0 Å². The first-order valence-corrected chi connectivity index (χ1v) is 10.5. The van der Waals surface area contributed by atoms with Gasteiger partial charge in [-0.05, 0) is 78.7 Å². The Kier molecular flexibility index (Phi) is 5.74. The highest BCUT2D eigenvalue weighted by Crippen LogP contribution is 2.30. The quantitative estimate of drug-likeness (QED) is 0.420. The number of rotatable bonds is 5. The Morgan fingerprint density at radius 2 is 1.93 bits per heavy atom. The van der Waals surface area contributed by atoms with Crippen LogP contribution in [0.4, 0.5) is 0 Å². The molecule has 1 N–H and O–H groups in total. The molecule has 4 rings (SSSR count). The smallest absolute Gasteiger partial charge is 0.216 e. The van der Waals surface area contributed by atoms with Crippen molar-refractivity contribution in [2.75, 3.05) is 0 Å². The topological polar surface area (TPSA) is 46.0 Å². The average Bonchev–Trinajstić information content (AvgIpc) is 3.08. The first kappa shape index (κ1) is 19.1. The maximum absolute atomic E-state index is 5.96. The van der Waals surface area contributed by atoms with Crippen molar-refractivity contribution in [3.8, 4) is 0 Å². The minimum Gasteiger partial charge on any atom is -0.250 e. The molecule has 0 saturated heterocycles. The van der Waals surface area contributed by atoms with Crippen LogP contribution >= 0.6 is 23.8 Å². The van der Waals surface area contributed by atoms with Crippen LogP contribution in [0.3, 0.4) is 0 Å². The van der Waals surface area contributed by atoms with E-state index in [2.05, 4.69) is 40.4 Å². The minimum atomic E-state index is 0.141. The van der Waals surface area contributed by atoms with Crippen LogP contribution in [0, 0.1) is 4.77 Å². The predicted octanol–water partition coefficient (Wildman–Crippen LogP) is 5.90. The summed E-state index contributed by atoms with van der Waals surface area (Å²) >= 11 is 11.4. The van der Waals surface area contributed by atoms with Gasteiger partial charge in [0.15, 0.2) is 5.82 Å². The molecule has 6 heteroatoms. The third kappa shape index (κ3) is 3.96. The molecule has 1 unspecified atom stereocenters. The van der Waals surface area contributed by atoms with Gasteiger partial charge in [0.2, 0.25) is 4.77 Å². The van der Waals surface area contributed by atoms with Gasteiger partial charge in [0.1, 0.15) is 0 Å². The van der Waals surface area contributed by atoms with Crippen LogP contribution in [0.2, 0.25) is 5.02 Å². The highest BCUT2D eigenvalue weighted by molar-refractivity contribution is 7.71. The number of halogens is 1. The molecule has 0 radical (unpaired) electrons. The number of aromatic amines is 1. The highest BCUT2D eigenvalue weighted by Gasteiger charge is 2.21. The van der Waals surface area contributed by atoms with Crippen LogP contribution < -0.4 is 0 Å². The van der Waals surface area contributed by atoms with Crippen molar-refractivity contribution in [1.29, 1.82) is 0 Å². The maximum Gasteiger partial charge on any atom is 0.216 e.